The predicted molar refractivity (Wildman–Crippen MR) is 70.4 cm³/mol. The molecule has 0 saturated heterocycles. The van der Waals surface area contributed by atoms with Crippen LogP contribution >= 0.6 is 0 Å². The van der Waals surface area contributed by atoms with Crippen molar-refractivity contribution in [1.82, 2.24) is 15.6 Å². The second kappa shape index (κ2) is 6.96. The molecule has 100 valence electrons. The second-order valence-corrected chi connectivity index (χ2v) is 4.44. The van der Waals surface area contributed by atoms with Crippen molar-refractivity contribution in [3.63, 3.8) is 0 Å². The standard InChI is InChI=1S/C13H21N3O2/c1-9(2)16-12(17)10(3)15-8-11-6-5-7-14-13(11)18-4/h5-7,9-10,15H,8H2,1-4H3,(H,16,17). The number of methoxy groups -OCH3 is 1. The number of rotatable bonds is 6. The lowest BCUT2D eigenvalue weighted by Crippen LogP contribution is -2.44. The maximum absolute atomic E-state index is 11.7. The van der Waals surface area contributed by atoms with E-state index in [2.05, 4.69) is 15.6 Å². The largest absolute Gasteiger partial charge is 0.481 e. The van der Waals surface area contributed by atoms with Crippen molar-refractivity contribution < 1.29 is 9.53 Å². The van der Waals surface area contributed by atoms with Crippen LogP contribution in [-0.4, -0.2) is 30.1 Å². The third kappa shape index (κ3) is 4.33. The van der Waals surface area contributed by atoms with Crippen LogP contribution in [0.25, 0.3) is 0 Å². The fraction of sp³-hybridized carbons (Fsp3) is 0.538. The first-order chi connectivity index (χ1) is 8.54. The zero-order valence-corrected chi connectivity index (χ0v) is 11.4. The molecule has 0 aliphatic heterocycles. The highest BCUT2D eigenvalue weighted by molar-refractivity contribution is 5.81. The van der Waals surface area contributed by atoms with Crippen LogP contribution in [0.15, 0.2) is 18.3 Å². The fourth-order valence-electron chi connectivity index (χ4n) is 1.51. The Morgan fingerprint density at radius 3 is 2.78 bits per heavy atom. The Morgan fingerprint density at radius 1 is 1.44 bits per heavy atom. The first kappa shape index (κ1) is 14.4. The molecule has 1 amide bonds. The van der Waals surface area contributed by atoms with E-state index in [1.807, 2.05) is 32.9 Å². The Labute approximate surface area is 108 Å². The van der Waals surface area contributed by atoms with Crippen LogP contribution in [0.2, 0.25) is 0 Å². The van der Waals surface area contributed by atoms with Crippen molar-refractivity contribution in [3.05, 3.63) is 23.9 Å². The third-order valence-electron chi connectivity index (χ3n) is 2.47. The zero-order valence-electron chi connectivity index (χ0n) is 11.4. The number of nitrogens with zero attached hydrogens (tertiary/aromatic N) is 1. The molecular formula is C13H21N3O2. The number of hydrogen-bond acceptors (Lipinski definition) is 4. The molecule has 1 rings (SSSR count). The summed E-state index contributed by atoms with van der Waals surface area (Å²) in [6.07, 6.45) is 1.68. The average Bonchev–Trinajstić information content (AvgIpc) is 2.35. The van der Waals surface area contributed by atoms with Crippen LogP contribution in [0.5, 0.6) is 5.88 Å². The summed E-state index contributed by atoms with van der Waals surface area (Å²) in [6, 6.07) is 3.66. The number of amides is 1. The van der Waals surface area contributed by atoms with Crippen LogP contribution in [-0.2, 0) is 11.3 Å². The SMILES string of the molecule is COc1ncccc1CNC(C)C(=O)NC(C)C. The van der Waals surface area contributed by atoms with E-state index in [0.717, 1.165) is 5.56 Å². The first-order valence-corrected chi connectivity index (χ1v) is 6.06. The lowest BCUT2D eigenvalue weighted by Gasteiger charge is -2.16. The number of carbonyl (C=O) groups is 1. The molecule has 0 aliphatic carbocycles. The summed E-state index contributed by atoms with van der Waals surface area (Å²) in [4.78, 5) is 15.8. The van der Waals surface area contributed by atoms with Crippen LogP contribution in [0.4, 0.5) is 0 Å². The summed E-state index contributed by atoms with van der Waals surface area (Å²) in [5.74, 6) is 0.578. The summed E-state index contributed by atoms with van der Waals surface area (Å²) >= 11 is 0. The van der Waals surface area contributed by atoms with Crippen molar-refractivity contribution >= 4 is 5.91 Å². The Hall–Kier alpha value is -1.62. The third-order valence-corrected chi connectivity index (χ3v) is 2.47. The normalized spacial score (nSPS) is 12.3. The van der Waals surface area contributed by atoms with Gasteiger partial charge >= 0.3 is 0 Å². The number of aromatic nitrogens is 1. The van der Waals surface area contributed by atoms with E-state index in [1.165, 1.54) is 0 Å². The molecule has 0 spiro atoms. The van der Waals surface area contributed by atoms with E-state index in [4.69, 9.17) is 4.74 Å². The van der Waals surface area contributed by atoms with Gasteiger partial charge in [-0.2, -0.15) is 0 Å². The molecular weight excluding hydrogens is 230 g/mol. The Morgan fingerprint density at radius 2 is 2.17 bits per heavy atom. The number of hydrogen-bond donors (Lipinski definition) is 2. The van der Waals surface area contributed by atoms with E-state index in [0.29, 0.717) is 12.4 Å². The maximum Gasteiger partial charge on any atom is 0.237 e. The lowest BCUT2D eigenvalue weighted by atomic mass is 10.2. The van der Waals surface area contributed by atoms with Gasteiger partial charge in [0.05, 0.1) is 13.2 Å². The van der Waals surface area contributed by atoms with E-state index >= 15 is 0 Å². The molecule has 1 heterocycles. The minimum atomic E-state index is -0.252. The van der Waals surface area contributed by atoms with Gasteiger partial charge in [-0.3, -0.25) is 4.79 Å². The number of pyridine rings is 1. The van der Waals surface area contributed by atoms with Gasteiger partial charge in [0.15, 0.2) is 0 Å². The van der Waals surface area contributed by atoms with E-state index in [9.17, 15) is 4.79 Å². The van der Waals surface area contributed by atoms with Gasteiger partial charge in [-0.15, -0.1) is 0 Å². The highest BCUT2D eigenvalue weighted by Gasteiger charge is 2.13. The first-order valence-electron chi connectivity index (χ1n) is 6.06. The van der Waals surface area contributed by atoms with Gasteiger partial charge in [-0.1, -0.05) is 6.07 Å². The molecule has 0 aliphatic rings. The molecule has 5 heteroatoms. The van der Waals surface area contributed by atoms with E-state index in [-0.39, 0.29) is 18.0 Å². The molecule has 18 heavy (non-hydrogen) atoms. The zero-order chi connectivity index (χ0) is 13.5. The molecule has 1 atom stereocenters. The van der Waals surface area contributed by atoms with Crippen LogP contribution in [0, 0.1) is 0 Å². The molecule has 5 nitrogen and oxygen atoms in total. The second-order valence-electron chi connectivity index (χ2n) is 4.44. The van der Waals surface area contributed by atoms with Crippen molar-refractivity contribution in [3.8, 4) is 5.88 Å². The number of ether oxygens (including phenoxy) is 1. The van der Waals surface area contributed by atoms with E-state index in [1.54, 1.807) is 13.3 Å². The summed E-state index contributed by atoms with van der Waals surface area (Å²) < 4.78 is 5.15. The minimum Gasteiger partial charge on any atom is -0.481 e. The molecule has 0 fully saturated rings. The Bertz CT molecular complexity index is 394. The van der Waals surface area contributed by atoms with Gasteiger partial charge in [-0.25, -0.2) is 4.98 Å². The molecule has 1 aromatic heterocycles. The fourth-order valence-corrected chi connectivity index (χ4v) is 1.51. The summed E-state index contributed by atoms with van der Waals surface area (Å²) in [6.45, 7) is 6.26. The van der Waals surface area contributed by atoms with Gasteiger partial charge in [-0.05, 0) is 26.8 Å². The number of nitrogens with one attached hydrogen (secondary N) is 2. The molecule has 2 N–H and O–H groups in total. The van der Waals surface area contributed by atoms with Crippen molar-refractivity contribution in [1.29, 1.82) is 0 Å². The highest BCUT2D eigenvalue weighted by atomic mass is 16.5. The quantitative estimate of drug-likeness (QED) is 0.794. The molecule has 0 bridgehead atoms. The minimum absolute atomic E-state index is 0.00661. The lowest BCUT2D eigenvalue weighted by molar-refractivity contribution is -0.123. The maximum atomic E-state index is 11.7. The van der Waals surface area contributed by atoms with Gasteiger partial charge < -0.3 is 15.4 Å². The topological polar surface area (TPSA) is 63.2 Å². The van der Waals surface area contributed by atoms with Gasteiger partial charge in [0.25, 0.3) is 0 Å². The summed E-state index contributed by atoms with van der Waals surface area (Å²) in [5, 5.41) is 6.01. The van der Waals surface area contributed by atoms with Gasteiger partial charge in [0, 0.05) is 24.3 Å². The van der Waals surface area contributed by atoms with Crippen molar-refractivity contribution in [2.75, 3.05) is 7.11 Å². The Balaban J connectivity index is 2.51. The summed E-state index contributed by atoms with van der Waals surface area (Å²) in [5.41, 5.74) is 0.934. The van der Waals surface area contributed by atoms with Crippen molar-refractivity contribution in [2.45, 2.75) is 39.4 Å². The monoisotopic (exact) mass is 251 g/mol. The molecule has 0 saturated carbocycles. The predicted octanol–water partition coefficient (Wildman–Crippen LogP) is 1.09. The number of carbonyl (C=O) groups excluding carboxylic acids is 1. The van der Waals surface area contributed by atoms with Crippen molar-refractivity contribution in [2.24, 2.45) is 0 Å². The highest BCUT2D eigenvalue weighted by Crippen LogP contribution is 2.12. The van der Waals surface area contributed by atoms with Crippen LogP contribution in [0.1, 0.15) is 26.3 Å². The summed E-state index contributed by atoms with van der Waals surface area (Å²) in [7, 11) is 1.58. The Kier molecular flexibility index (Phi) is 5.58. The van der Waals surface area contributed by atoms with Crippen LogP contribution in [0.3, 0.4) is 0 Å². The molecule has 0 aromatic carbocycles. The smallest absolute Gasteiger partial charge is 0.237 e. The van der Waals surface area contributed by atoms with Gasteiger partial charge in [0.2, 0.25) is 11.8 Å². The van der Waals surface area contributed by atoms with Gasteiger partial charge in [0.1, 0.15) is 0 Å². The molecule has 1 aromatic rings. The van der Waals surface area contributed by atoms with Crippen LogP contribution < -0.4 is 15.4 Å². The molecule has 0 radical (unpaired) electrons. The van der Waals surface area contributed by atoms with E-state index < -0.39 is 0 Å². The average molecular weight is 251 g/mol. The molecule has 1 unspecified atom stereocenters.